The average Bonchev–Trinajstić information content (AvgIpc) is 2.28. The number of carbonyl (C=O) groups is 1. The number of ether oxygens (including phenoxy) is 1. The van der Waals surface area contributed by atoms with E-state index in [1.54, 1.807) is 24.3 Å². The van der Waals surface area contributed by atoms with Crippen molar-refractivity contribution < 1.29 is 19.7 Å². The summed E-state index contributed by atoms with van der Waals surface area (Å²) in [5, 5.41) is 18.3. The fourth-order valence-corrected chi connectivity index (χ4v) is 1.48. The van der Waals surface area contributed by atoms with Crippen molar-refractivity contribution in [3.05, 3.63) is 29.8 Å². The zero-order valence-electron chi connectivity index (χ0n) is 9.93. The number of hydrogen-bond acceptors (Lipinski definition) is 3. The number of aliphatic carboxylic acids is 1. The van der Waals surface area contributed by atoms with Crippen LogP contribution in [0.2, 0.25) is 0 Å². The molecule has 4 nitrogen and oxygen atoms in total. The lowest BCUT2D eigenvalue weighted by Crippen LogP contribution is -2.26. The first-order chi connectivity index (χ1) is 8.13. The average molecular weight is 238 g/mol. The second-order valence-electron chi connectivity index (χ2n) is 3.93. The number of rotatable bonds is 7. The number of benzene rings is 1. The number of carboxylic acid groups (broad SMARTS) is 1. The monoisotopic (exact) mass is 238 g/mol. The first-order valence-electron chi connectivity index (χ1n) is 5.75. The molecule has 0 aliphatic rings. The minimum atomic E-state index is -0.968. The summed E-state index contributed by atoms with van der Waals surface area (Å²) in [5.74, 6) is -0.829. The van der Waals surface area contributed by atoms with Crippen molar-refractivity contribution in [2.24, 2.45) is 0 Å². The highest BCUT2D eigenvalue weighted by Crippen LogP contribution is 2.14. The van der Waals surface area contributed by atoms with Crippen molar-refractivity contribution in [2.45, 2.75) is 32.3 Å². The van der Waals surface area contributed by atoms with Gasteiger partial charge in [-0.1, -0.05) is 25.5 Å². The molecule has 4 heteroatoms. The van der Waals surface area contributed by atoms with Crippen LogP contribution in [-0.4, -0.2) is 28.9 Å². The van der Waals surface area contributed by atoms with Gasteiger partial charge in [0.05, 0.1) is 0 Å². The summed E-state index contributed by atoms with van der Waals surface area (Å²) < 4.78 is 5.31. The molecule has 0 amide bonds. The number of phenolic OH excluding ortho intramolecular Hbond substituents is 1. The Morgan fingerprint density at radius 1 is 1.47 bits per heavy atom. The van der Waals surface area contributed by atoms with Crippen molar-refractivity contribution >= 4 is 5.97 Å². The Morgan fingerprint density at radius 3 is 2.82 bits per heavy atom. The van der Waals surface area contributed by atoms with Crippen molar-refractivity contribution in [3.8, 4) is 5.75 Å². The third-order valence-electron chi connectivity index (χ3n) is 2.42. The number of unbranched alkanes of at least 4 members (excludes halogenated alkanes) is 1. The van der Waals surface area contributed by atoms with Crippen molar-refractivity contribution in [3.63, 3.8) is 0 Å². The van der Waals surface area contributed by atoms with Crippen LogP contribution in [-0.2, 0) is 16.0 Å². The van der Waals surface area contributed by atoms with E-state index in [4.69, 9.17) is 9.84 Å². The summed E-state index contributed by atoms with van der Waals surface area (Å²) in [6, 6.07) is 6.57. The third kappa shape index (κ3) is 4.87. The van der Waals surface area contributed by atoms with Crippen LogP contribution in [0.15, 0.2) is 24.3 Å². The maximum Gasteiger partial charge on any atom is 0.333 e. The maximum absolute atomic E-state index is 11.0. The van der Waals surface area contributed by atoms with Crippen LogP contribution in [0.25, 0.3) is 0 Å². The molecule has 1 aromatic rings. The zero-order chi connectivity index (χ0) is 12.7. The first-order valence-corrected chi connectivity index (χ1v) is 5.75. The molecule has 0 saturated heterocycles. The number of phenols is 1. The smallest absolute Gasteiger partial charge is 0.333 e. The quantitative estimate of drug-likeness (QED) is 0.715. The van der Waals surface area contributed by atoms with E-state index in [-0.39, 0.29) is 12.2 Å². The van der Waals surface area contributed by atoms with Crippen LogP contribution < -0.4 is 0 Å². The van der Waals surface area contributed by atoms with E-state index in [1.165, 1.54) is 0 Å². The van der Waals surface area contributed by atoms with Gasteiger partial charge in [-0.3, -0.25) is 0 Å². The lowest BCUT2D eigenvalue weighted by molar-refractivity contribution is -0.150. The van der Waals surface area contributed by atoms with Gasteiger partial charge < -0.3 is 14.9 Å². The Hall–Kier alpha value is -1.55. The van der Waals surface area contributed by atoms with Crippen LogP contribution in [0.5, 0.6) is 5.75 Å². The molecule has 0 bridgehead atoms. The lowest BCUT2D eigenvalue weighted by Gasteiger charge is -2.13. The first kappa shape index (κ1) is 13.5. The highest BCUT2D eigenvalue weighted by atomic mass is 16.5. The minimum Gasteiger partial charge on any atom is -0.508 e. The van der Waals surface area contributed by atoms with Crippen molar-refractivity contribution in [1.82, 2.24) is 0 Å². The predicted octanol–water partition coefficient (Wildman–Crippen LogP) is 2.20. The molecule has 17 heavy (non-hydrogen) atoms. The normalized spacial score (nSPS) is 12.3. The number of hydrogen-bond donors (Lipinski definition) is 2. The van der Waals surface area contributed by atoms with Crippen molar-refractivity contribution in [1.29, 1.82) is 0 Å². The second-order valence-corrected chi connectivity index (χ2v) is 3.93. The van der Waals surface area contributed by atoms with Crippen LogP contribution in [0.4, 0.5) is 0 Å². The lowest BCUT2D eigenvalue weighted by atomic mass is 10.1. The van der Waals surface area contributed by atoms with Gasteiger partial charge in [0.15, 0.2) is 6.10 Å². The second kappa shape index (κ2) is 6.91. The van der Waals surface area contributed by atoms with Gasteiger partial charge in [-0.25, -0.2) is 4.79 Å². The molecule has 0 spiro atoms. The maximum atomic E-state index is 11.0. The molecule has 0 aliphatic carbocycles. The standard InChI is InChI=1S/C13H18O4/c1-2-3-7-17-12(13(15)16)9-10-5-4-6-11(14)8-10/h4-6,8,12,14H,2-3,7,9H2,1H3,(H,15,16)/t12-/m1/s1. The van der Waals surface area contributed by atoms with Gasteiger partial charge in [-0.05, 0) is 24.1 Å². The molecule has 0 aliphatic heterocycles. The van der Waals surface area contributed by atoms with Gasteiger partial charge in [-0.2, -0.15) is 0 Å². The fourth-order valence-electron chi connectivity index (χ4n) is 1.48. The molecule has 0 fully saturated rings. The molecule has 1 aromatic carbocycles. The highest BCUT2D eigenvalue weighted by molar-refractivity contribution is 5.72. The van der Waals surface area contributed by atoms with Gasteiger partial charge >= 0.3 is 5.97 Å². The van der Waals surface area contributed by atoms with E-state index in [0.717, 1.165) is 18.4 Å². The summed E-state index contributed by atoms with van der Waals surface area (Å²) in [7, 11) is 0. The molecule has 0 radical (unpaired) electrons. The van der Waals surface area contributed by atoms with E-state index >= 15 is 0 Å². The predicted molar refractivity (Wildman–Crippen MR) is 64.1 cm³/mol. The molecule has 2 N–H and O–H groups in total. The van der Waals surface area contributed by atoms with Gasteiger partial charge in [-0.15, -0.1) is 0 Å². The summed E-state index contributed by atoms with van der Waals surface area (Å²) in [5.41, 5.74) is 0.758. The Morgan fingerprint density at radius 2 is 2.24 bits per heavy atom. The van der Waals surface area contributed by atoms with E-state index in [1.807, 2.05) is 6.92 Å². The van der Waals surface area contributed by atoms with E-state index < -0.39 is 12.1 Å². The topological polar surface area (TPSA) is 66.8 Å². The molecular weight excluding hydrogens is 220 g/mol. The molecule has 0 unspecified atom stereocenters. The summed E-state index contributed by atoms with van der Waals surface area (Å²) in [4.78, 5) is 11.0. The fraction of sp³-hybridized carbons (Fsp3) is 0.462. The van der Waals surface area contributed by atoms with E-state index in [2.05, 4.69) is 0 Å². The number of carboxylic acids is 1. The van der Waals surface area contributed by atoms with Gasteiger partial charge in [0.2, 0.25) is 0 Å². The molecule has 0 saturated carbocycles. The Balaban J connectivity index is 2.57. The van der Waals surface area contributed by atoms with E-state index in [9.17, 15) is 9.90 Å². The summed E-state index contributed by atoms with van der Waals surface area (Å²) >= 11 is 0. The Bertz CT molecular complexity index is 362. The van der Waals surface area contributed by atoms with Gasteiger partial charge in [0.1, 0.15) is 5.75 Å². The van der Waals surface area contributed by atoms with Crippen LogP contribution in [0, 0.1) is 0 Å². The number of aromatic hydroxyl groups is 1. The molecule has 0 aromatic heterocycles. The summed E-state index contributed by atoms with van der Waals surface area (Å²) in [6.45, 7) is 2.47. The van der Waals surface area contributed by atoms with Gasteiger partial charge in [0.25, 0.3) is 0 Å². The SMILES string of the molecule is CCCCO[C@H](Cc1cccc(O)c1)C(=O)O. The minimum absolute atomic E-state index is 0.139. The van der Waals surface area contributed by atoms with E-state index in [0.29, 0.717) is 6.61 Å². The highest BCUT2D eigenvalue weighted by Gasteiger charge is 2.18. The molecule has 1 atom stereocenters. The molecular formula is C13H18O4. The van der Waals surface area contributed by atoms with Crippen molar-refractivity contribution in [2.75, 3.05) is 6.61 Å². The van der Waals surface area contributed by atoms with Crippen LogP contribution in [0.1, 0.15) is 25.3 Å². The van der Waals surface area contributed by atoms with Crippen LogP contribution in [0.3, 0.4) is 0 Å². The zero-order valence-corrected chi connectivity index (χ0v) is 9.93. The molecule has 1 rings (SSSR count). The Labute approximate surface area is 101 Å². The molecule has 94 valence electrons. The molecule has 0 heterocycles. The Kier molecular flexibility index (Phi) is 5.49. The summed E-state index contributed by atoms with van der Waals surface area (Å²) in [6.07, 6.45) is 1.25. The van der Waals surface area contributed by atoms with Crippen LogP contribution >= 0.6 is 0 Å². The largest absolute Gasteiger partial charge is 0.508 e. The third-order valence-corrected chi connectivity index (χ3v) is 2.42. The van der Waals surface area contributed by atoms with Gasteiger partial charge in [0, 0.05) is 13.0 Å².